The van der Waals surface area contributed by atoms with E-state index in [1.807, 2.05) is 32.0 Å². The van der Waals surface area contributed by atoms with Crippen molar-refractivity contribution in [1.29, 1.82) is 5.26 Å². The van der Waals surface area contributed by atoms with Gasteiger partial charge in [0.1, 0.15) is 6.07 Å². The summed E-state index contributed by atoms with van der Waals surface area (Å²) >= 11 is 0. The fourth-order valence-corrected chi connectivity index (χ4v) is 2.39. The lowest BCUT2D eigenvalue weighted by Crippen LogP contribution is -2.19. The summed E-state index contributed by atoms with van der Waals surface area (Å²) in [5.74, 6) is 0. The van der Waals surface area contributed by atoms with E-state index in [1.54, 1.807) is 12.1 Å². The van der Waals surface area contributed by atoms with Crippen LogP contribution in [0.4, 0.5) is 0 Å². The van der Waals surface area contributed by atoms with E-state index in [0.717, 1.165) is 11.3 Å². The first kappa shape index (κ1) is 11.4. The maximum Gasteiger partial charge on any atom is 0.265 e. The largest absolute Gasteiger partial charge is 0.268 e. The molecule has 0 fully saturated rings. The molecule has 4 heteroatoms. The SMILES string of the molecule is Cc1cc(C)n2c(=O)c3ccccc3nc2c1C#N. The molecule has 0 aliphatic heterocycles. The summed E-state index contributed by atoms with van der Waals surface area (Å²) < 4.78 is 1.51. The molecule has 0 amide bonds. The Morgan fingerprint density at radius 3 is 2.74 bits per heavy atom. The second-order valence-electron chi connectivity index (χ2n) is 4.55. The van der Waals surface area contributed by atoms with Crippen molar-refractivity contribution in [1.82, 2.24) is 9.38 Å². The maximum atomic E-state index is 12.5. The molecule has 19 heavy (non-hydrogen) atoms. The second kappa shape index (κ2) is 3.92. The summed E-state index contributed by atoms with van der Waals surface area (Å²) in [7, 11) is 0. The van der Waals surface area contributed by atoms with E-state index in [9.17, 15) is 10.1 Å². The van der Waals surface area contributed by atoms with Gasteiger partial charge in [-0.2, -0.15) is 5.26 Å². The molecule has 0 spiro atoms. The second-order valence-corrected chi connectivity index (χ2v) is 4.55. The van der Waals surface area contributed by atoms with Gasteiger partial charge in [0.2, 0.25) is 0 Å². The van der Waals surface area contributed by atoms with E-state index in [2.05, 4.69) is 11.1 Å². The van der Waals surface area contributed by atoms with Gasteiger partial charge >= 0.3 is 0 Å². The predicted octanol–water partition coefficient (Wildman–Crippen LogP) is 2.34. The Balaban J connectivity index is 2.70. The van der Waals surface area contributed by atoms with Crippen molar-refractivity contribution < 1.29 is 0 Å². The van der Waals surface area contributed by atoms with Crippen LogP contribution >= 0.6 is 0 Å². The third-order valence-corrected chi connectivity index (χ3v) is 3.28. The van der Waals surface area contributed by atoms with Crippen molar-refractivity contribution in [2.24, 2.45) is 0 Å². The van der Waals surface area contributed by atoms with Crippen LogP contribution in [0.2, 0.25) is 0 Å². The van der Waals surface area contributed by atoms with Crippen LogP contribution in [0.1, 0.15) is 16.8 Å². The number of aryl methyl sites for hydroxylation is 2. The van der Waals surface area contributed by atoms with Crippen molar-refractivity contribution in [2.75, 3.05) is 0 Å². The molecule has 4 nitrogen and oxygen atoms in total. The molecule has 2 heterocycles. The zero-order valence-corrected chi connectivity index (χ0v) is 10.6. The molecule has 0 saturated heterocycles. The molecule has 0 bridgehead atoms. The quantitative estimate of drug-likeness (QED) is 0.574. The number of para-hydroxylation sites is 1. The minimum atomic E-state index is -0.130. The number of rotatable bonds is 0. The molecule has 3 rings (SSSR count). The van der Waals surface area contributed by atoms with E-state index in [1.165, 1.54) is 4.40 Å². The Hall–Kier alpha value is -2.67. The topological polar surface area (TPSA) is 58.2 Å². The van der Waals surface area contributed by atoms with Gasteiger partial charge in [-0.25, -0.2) is 4.98 Å². The molecular weight excluding hydrogens is 238 g/mol. The number of hydrogen-bond donors (Lipinski definition) is 0. The predicted molar refractivity (Wildman–Crippen MR) is 73.2 cm³/mol. The standard InChI is InChI=1S/C15H11N3O/c1-9-7-10(2)18-14(12(9)8-16)17-13-6-4-3-5-11(13)15(18)19/h3-7H,1-2H3. The zero-order chi connectivity index (χ0) is 13.6. The van der Waals surface area contributed by atoms with Gasteiger partial charge in [0.25, 0.3) is 5.56 Å². The number of benzene rings is 1. The first-order valence-corrected chi connectivity index (χ1v) is 5.95. The molecule has 1 aromatic carbocycles. The Labute approximate surface area is 109 Å². The highest BCUT2D eigenvalue weighted by Gasteiger charge is 2.12. The van der Waals surface area contributed by atoms with Crippen molar-refractivity contribution in [3.05, 3.63) is 57.5 Å². The molecule has 2 aromatic heterocycles. The summed E-state index contributed by atoms with van der Waals surface area (Å²) in [4.78, 5) is 17.0. The van der Waals surface area contributed by atoms with Crippen LogP contribution in [0.15, 0.2) is 35.1 Å². The molecule has 0 atom stereocenters. The van der Waals surface area contributed by atoms with Crippen LogP contribution in [0, 0.1) is 25.2 Å². The first-order chi connectivity index (χ1) is 9.13. The molecule has 0 saturated carbocycles. The minimum absolute atomic E-state index is 0.130. The molecule has 92 valence electrons. The lowest BCUT2D eigenvalue weighted by molar-refractivity contribution is 1.00. The van der Waals surface area contributed by atoms with Crippen LogP contribution in [-0.2, 0) is 0 Å². The minimum Gasteiger partial charge on any atom is -0.268 e. The maximum absolute atomic E-state index is 12.5. The van der Waals surface area contributed by atoms with Crippen molar-refractivity contribution in [3.8, 4) is 6.07 Å². The van der Waals surface area contributed by atoms with Crippen LogP contribution in [0.5, 0.6) is 0 Å². The fourth-order valence-electron chi connectivity index (χ4n) is 2.39. The summed E-state index contributed by atoms with van der Waals surface area (Å²) in [6, 6.07) is 11.2. The lowest BCUT2D eigenvalue weighted by atomic mass is 10.1. The van der Waals surface area contributed by atoms with Gasteiger partial charge in [0.05, 0.1) is 16.5 Å². The van der Waals surface area contributed by atoms with E-state index < -0.39 is 0 Å². The summed E-state index contributed by atoms with van der Waals surface area (Å²) in [5.41, 5.74) is 3.00. The fraction of sp³-hybridized carbons (Fsp3) is 0.133. The normalized spacial score (nSPS) is 10.8. The number of aromatic nitrogens is 2. The first-order valence-electron chi connectivity index (χ1n) is 5.95. The Morgan fingerprint density at radius 1 is 1.26 bits per heavy atom. The molecular formula is C15H11N3O. The Kier molecular flexibility index (Phi) is 2.36. The van der Waals surface area contributed by atoms with Crippen LogP contribution in [0.25, 0.3) is 16.6 Å². The highest BCUT2D eigenvalue weighted by atomic mass is 16.1. The van der Waals surface area contributed by atoms with Crippen LogP contribution < -0.4 is 5.56 Å². The number of nitrogens with zero attached hydrogens (tertiary/aromatic N) is 3. The number of pyridine rings is 1. The van der Waals surface area contributed by atoms with Crippen molar-refractivity contribution in [2.45, 2.75) is 13.8 Å². The molecule has 0 aliphatic carbocycles. The molecule has 3 aromatic rings. The Bertz CT molecular complexity index is 916. The summed E-state index contributed by atoms with van der Waals surface area (Å²) in [6.07, 6.45) is 0. The van der Waals surface area contributed by atoms with Gasteiger partial charge < -0.3 is 0 Å². The lowest BCUT2D eigenvalue weighted by Gasteiger charge is -2.09. The van der Waals surface area contributed by atoms with Gasteiger partial charge in [0.15, 0.2) is 5.65 Å². The van der Waals surface area contributed by atoms with Gasteiger partial charge in [-0.15, -0.1) is 0 Å². The van der Waals surface area contributed by atoms with E-state index in [0.29, 0.717) is 22.1 Å². The van der Waals surface area contributed by atoms with Crippen molar-refractivity contribution in [3.63, 3.8) is 0 Å². The third kappa shape index (κ3) is 1.52. The van der Waals surface area contributed by atoms with E-state index in [-0.39, 0.29) is 5.56 Å². The summed E-state index contributed by atoms with van der Waals surface area (Å²) in [5, 5.41) is 9.83. The third-order valence-electron chi connectivity index (χ3n) is 3.28. The summed E-state index contributed by atoms with van der Waals surface area (Å²) in [6.45, 7) is 3.70. The van der Waals surface area contributed by atoms with E-state index >= 15 is 0 Å². The smallest absolute Gasteiger partial charge is 0.265 e. The average Bonchev–Trinajstić information content (AvgIpc) is 2.39. The van der Waals surface area contributed by atoms with Gasteiger partial charge in [-0.1, -0.05) is 12.1 Å². The highest BCUT2D eigenvalue weighted by Crippen LogP contribution is 2.17. The van der Waals surface area contributed by atoms with Gasteiger partial charge in [-0.05, 0) is 37.6 Å². The van der Waals surface area contributed by atoms with Gasteiger partial charge in [0, 0.05) is 5.69 Å². The van der Waals surface area contributed by atoms with Crippen LogP contribution in [-0.4, -0.2) is 9.38 Å². The molecule has 0 unspecified atom stereocenters. The molecule has 0 aliphatic rings. The Morgan fingerprint density at radius 2 is 2.00 bits per heavy atom. The van der Waals surface area contributed by atoms with Crippen LogP contribution in [0.3, 0.4) is 0 Å². The average molecular weight is 249 g/mol. The van der Waals surface area contributed by atoms with E-state index in [4.69, 9.17) is 0 Å². The number of nitriles is 1. The zero-order valence-electron chi connectivity index (χ0n) is 10.6. The highest BCUT2D eigenvalue weighted by molar-refractivity contribution is 5.80. The molecule has 0 radical (unpaired) electrons. The number of hydrogen-bond acceptors (Lipinski definition) is 3. The number of fused-ring (bicyclic) bond motifs is 2. The van der Waals surface area contributed by atoms with Crippen molar-refractivity contribution >= 4 is 16.6 Å². The molecule has 0 N–H and O–H groups in total. The monoisotopic (exact) mass is 249 g/mol. The van der Waals surface area contributed by atoms with Gasteiger partial charge in [-0.3, -0.25) is 9.20 Å².